The van der Waals surface area contributed by atoms with Crippen LogP contribution in [-0.2, 0) is 0 Å². The Labute approximate surface area is 143 Å². The van der Waals surface area contributed by atoms with Gasteiger partial charge in [0.15, 0.2) is 11.5 Å². The van der Waals surface area contributed by atoms with Crippen LogP contribution >= 0.6 is 0 Å². The van der Waals surface area contributed by atoms with Crippen LogP contribution in [0.15, 0.2) is 53.8 Å². The summed E-state index contributed by atoms with van der Waals surface area (Å²) in [5.41, 5.74) is 4.78. The number of nitrogens with one attached hydrogen (secondary N) is 1. The Bertz CT molecular complexity index is 897. The van der Waals surface area contributed by atoms with Crippen molar-refractivity contribution >= 4 is 12.2 Å². The minimum atomic E-state index is -0.219. The second kappa shape index (κ2) is 7.26. The molecule has 8 heteroatoms. The predicted octanol–water partition coefficient (Wildman–Crippen LogP) is 2.40. The van der Waals surface area contributed by atoms with Crippen LogP contribution in [0.5, 0.6) is 17.2 Å². The van der Waals surface area contributed by atoms with E-state index in [1.165, 1.54) is 18.3 Å². The van der Waals surface area contributed by atoms with E-state index in [0.29, 0.717) is 11.3 Å². The smallest absolute Gasteiger partial charge is 0.263 e. The van der Waals surface area contributed by atoms with Gasteiger partial charge < -0.3 is 14.9 Å². The normalized spacial score (nSPS) is 10.8. The average Bonchev–Trinajstić information content (AvgIpc) is 2.65. The molecule has 0 radical (unpaired) electrons. The summed E-state index contributed by atoms with van der Waals surface area (Å²) in [6.45, 7) is 0. The molecule has 3 N–H and O–H groups in total. The zero-order chi connectivity index (χ0) is 17.6. The van der Waals surface area contributed by atoms with Crippen LogP contribution < -0.4 is 10.2 Å². The summed E-state index contributed by atoms with van der Waals surface area (Å²) < 4.78 is 5.13. The lowest BCUT2D eigenvalue weighted by atomic mass is 10.1. The molecule has 0 aliphatic rings. The van der Waals surface area contributed by atoms with Gasteiger partial charge in [0, 0.05) is 5.56 Å². The quantitative estimate of drug-likeness (QED) is 0.372. The zero-order valence-corrected chi connectivity index (χ0v) is 13.3. The van der Waals surface area contributed by atoms with Crippen LogP contribution in [0.3, 0.4) is 0 Å². The molecule has 0 atom stereocenters. The van der Waals surface area contributed by atoms with Gasteiger partial charge in [-0.05, 0) is 48.0 Å². The number of hydrogen-bond acceptors (Lipinski definition) is 8. The highest BCUT2D eigenvalue weighted by atomic mass is 16.5. The van der Waals surface area contributed by atoms with Crippen LogP contribution in [0, 0.1) is 0 Å². The first-order chi connectivity index (χ1) is 12.2. The van der Waals surface area contributed by atoms with Gasteiger partial charge in [-0.3, -0.25) is 0 Å². The molecule has 126 valence electrons. The third-order valence-electron chi connectivity index (χ3n) is 3.32. The van der Waals surface area contributed by atoms with E-state index in [1.54, 1.807) is 19.4 Å². The van der Waals surface area contributed by atoms with E-state index in [9.17, 15) is 10.2 Å². The Morgan fingerprint density at radius 1 is 1.08 bits per heavy atom. The molecule has 0 saturated carbocycles. The van der Waals surface area contributed by atoms with Crippen molar-refractivity contribution in [2.75, 3.05) is 12.5 Å². The molecule has 0 bridgehead atoms. The highest BCUT2D eigenvalue weighted by Crippen LogP contribution is 2.24. The van der Waals surface area contributed by atoms with Gasteiger partial charge >= 0.3 is 0 Å². The second-order valence-corrected chi connectivity index (χ2v) is 5.01. The van der Waals surface area contributed by atoms with Crippen molar-refractivity contribution < 1.29 is 14.9 Å². The molecule has 1 aromatic heterocycles. The summed E-state index contributed by atoms with van der Waals surface area (Å²) in [6.07, 6.45) is 3.01. The Balaban J connectivity index is 1.72. The Morgan fingerprint density at radius 3 is 2.60 bits per heavy atom. The number of phenols is 2. The van der Waals surface area contributed by atoms with Crippen molar-refractivity contribution in [1.29, 1.82) is 0 Å². The van der Waals surface area contributed by atoms with Gasteiger partial charge in [-0.15, -0.1) is 5.10 Å². The number of rotatable bonds is 5. The largest absolute Gasteiger partial charge is 0.504 e. The van der Waals surface area contributed by atoms with E-state index >= 15 is 0 Å². The molecule has 0 saturated heterocycles. The van der Waals surface area contributed by atoms with Crippen molar-refractivity contribution in [2.45, 2.75) is 0 Å². The zero-order valence-electron chi connectivity index (χ0n) is 13.3. The van der Waals surface area contributed by atoms with E-state index in [2.05, 4.69) is 25.7 Å². The number of hydrazone groups is 1. The van der Waals surface area contributed by atoms with Crippen molar-refractivity contribution in [2.24, 2.45) is 5.10 Å². The highest BCUT2D eigenvalue weighted by molar-refractivity contribution is 5.81. The van der Waals surface area contributed by atoms with Gasteiger partial charge in [-0.1, -0.05) is 0 Å². The van der Waals surface area contributed by atoms with Crippen LogP contribution in [0.4, 0.5) is 5.95 Å². The number of ether oxygens (including phenoxy) is 1. The molecule has 0 unspecified atom stereocenters. The molecule has 0 spiro atoms. The van der Waals surface area contributed by atoms with Crippen LogP contribution in [-0.4, -0.2) is 38.7 Å². The van der Waals surface area contributed by atoms with Crippen molar-refractivity contribution in [3.8, 4) is 28.5 Å². The maximum Gasteiger partial charge on any atom is 0.263 e. The molecule has 3 aromatic rings. The molecule has 25 heavy (non-hydrogen) atoms. The van der Waals surface area contributed by atoms with E-state index < -0.39 is 0 Å². The van der Waals surface area contributed by atoms with Crippen molar-refractivity contribution in [1.82, 2.24) is 15.2 Å². The molecule has 0 amide bonds. The minimum absolute atomic E-state index is 0.190. The third-order valence-corrected chi connectivity index (χ3v) is 3.32. The number of anilines is 1. The summed E-state index contributed by atoms with van der Waals surface area (Å²) >= 11 is 0. The van der Waals surface area contributed by atoms with Gasteiger partial charge in [-0.2, -0.15) is 10.2 Å². The summed E-state index contributed by atoms with van der Waals surface area (Å²) in [4.78, 5) is 4.33. The fourth-order valence-electron chi connectivity index (χ4n) is 2.04. The number of hydrogen-bond donors (Lipinski definition) is 3. The van der Waals surface area contributed by atoms with Gasteiger partial charge in [0.2, 0.25) is 0 Å². The summed E-state index contributed by atoms with van der Waals surface area (Å²) in [5.74, 6) is 0.576. The van der Waals surface area contributed by atoms with Gasteiger partial charge in [0.25, 0.3) is 5.95 Å². The average molecular weight is 337 g/mol. The standard InChI is InChI=1S/C17H15N5O3/c1-25-13-5-3-12(4-6-13)14-10-19-22-17(20-14)21-18-9-11-2-7-15(23)16(24)8-11/h2-10,23-24H,1H3,(H,20,21,22)/b18-9-. The molecule has 1 heterocycles. The number of phenolic OH excluding ortho intramolecular Hbond substituents is 2. The lowest BCUT2D eigenvalue weighted by Gasteiger charge is -2.04. The lowest BCUT2D eigenvalue weighted by Crippen LogP contribution is -2.00. The summed E-state index contributed by atoms with van der Waals surface area (Å²) in [7, 11) is 1.61. The van der Waals surface area contributed by atoms with Gasteiger partial charge in [0.05, 0.1) is 25.2 Å². The van der Waals surface area contributed by atoms with E-state index in [0.717, 1.165) is 11.3 Å². The van der Waals surface area contributed by atoms with Crippen LogP contribution in [0.25, 0.3) is 11.3 Å². The molecular formula is C17H15N5O3. The van der Waals surface area contributed by atoms with Crippen LogP contribution in [0.1, 0.15) is 5.56 Å². The molecule has 2 aromatic carbocycles. The molecular weight excluding hydrogens is 322 g/mol. The maximum atomic E-state index is 9.44. The van der Waals surface area contributed by atoms with Crippen LogP contribution in [0.2, 0.25) is 0 Å². The third kappa shape index (κ3) is 3.99. The first kappa shape index (κ1) is 16.2. The number of methoxy groups -OCH3 is 1. The Morgan fingerprint density at radius 2 is 1.88 bits per heavy atom. The molecule has 3 rings (SSSR count). The second-order valence-electron chi connectivity index (χ2n) is 5.01. The number of nitrogens with zero attached hydrogens (tertiary/aromatic N) is 4. The maximum absolute atomic E-state index is 9.44. The predicted molar refractivity (Wildman–Crippen MR) is 92.8 cm³/mol. The monoisotopic (exact) mass is 337 g/mol. The number of aromatic hydroxyl groups is 2. The molecule has 0 fully saturated rings. The fraction of sp³-hybridized carbons (Fsp3) is 0.0588. The first-order valence-electron chi connectivity index (χ1n) is 7.31. The van der Waals surface area contributed by atoms with Crippen molar-refractivity contribution in [3.63, 3.8) is 0 Å². The molecule has 8 nitrogen and oxygen atoms in total. The summed E-state index contributed by atoms with van der Waals surface area (Å²) in [5, 5.41) is 30.5. The Hall–Kier alpha value is -3.68. The van der Waals surface area contributed by atoms with Gasteiger partial charge in [-0.25, -0.2) is 10.4 Å². The van der Waals surface area contributed by atoms with E-state index in [-0.39, 0.29) is 17.4 Å². The van der Waals surface area contributed by atoms with Gasteiger partial charge in [0.1, 0.15) is 5.75 Å². The minimum Gasteiger partial charge on any atom is -0.504 e. The summed E-state index contributed by atoms with van der Waals surface area (Å²) in [6, 6.07) is 11.8. The van der Waals surface area contributed by atoms with E-state index in [1.807, 2.05) is 24.3 Å². The highest BCUT2D eigenvalue weighted by Gasteiger charge is 2.03. The fourth-order valence-corrected chi connectivity index (χ4v) is 2.04. The number of benzene rings is 2. The topological polar surface area (TPSA) is 113 Å². The SMILES string of the molecule is COc1ccc(-c2cnnc(N/N=C\c3ccc(O)c(O)c3)n2)cc1. The molecule has 0 aliphatic heterocycles. The van der Waals surface area contributed by atoms with E-state index in [4.69, 9.17) is 4.74 Å². The lowest BCUT2D eigenvalue weighted by molar-refractivity contribution is 0.403. The number of aromatic nitrogens is 3. The Kier molecular flexibility index (Phi) is 4.70. The first-order valence-corrected chi connectivity index (χ1v) is 7.31. The van der Waals surface area contributed by atoms with Crippen molar-refractivity contribution in [3.05, 3.63) is 54.2 Å². The molecule has 0 aliphatic carbocycles.